The molecule has 0 aromatic heterocycles. The second kappa shape index (κ2) is 16.7. The summed E-state index contributed by atoms with van der Waals surface area (Å²) in [5, 5.41) is 37.6. The van der Waals surface area contributed by atoms with Crippen LogP contribution in [0.15, 0.2) is 138 Å². The van der Waals surface area contributed by atoms with Crippen molar-refractivity contribution in [2.24, 2.45) is 20.5 Å². The largest absolute Gasteiger partial charge is 0.506 e. The maximum absolute atomic E-state index is 12.2. The minimum Gasteiger partial charge on any atom is -0.506 e. The van der Waals surface area contributed by atoms with Crippen molar-refractivity contribution in [2.75, 3.05) is 0 Å². The molecule has 6 rings (SSSR count). The first-order valence-electron chi connectivity index (χ1n) is 14.0. The summed E-state index contributed by atoms with van der Waals surface area (Å²) < 4.78 is 101. The monoisotopic (exact) mass is 755 g/mol. The Kier molecular flexibility index (Phi) is 13.7. The van der Waals surface area contributed by atoms with Crippen molar-refractivity contribution >= 4 is 131 Å². The zero-order valence-corrected chi connectivity index (χ0v) is 30.5. The van der Waals surface area contributed by atoms with Gasteiger partial charge >= 0.3 is 0 Å². The molecule has 257 valence electrons. The topological polar surface area (TPSA) is 253 Å². The van der Waals surface area contributed by atoms with E-state index in [-0.39, 0.29) is 68.0 Å². The van der Waals surface area contributed by atoms with Crippen molar-refractivity contribution < 1.29 is 49.1 Å². The molecule has 5 N–H and O–H groups in total. The maximum atomic E-state index is 12.2. The van der Waals surface area contributed by atoms with Crippen LogP contribution < -0.4 is 0 Å². The maximum Gasteiger partial charge on any atom is 0.296 e. The number of aromatic hydroxyl groups is 2. The van der Waals surface area contributed by atoms with Crippen molar-refractivity contribution in [3.63, 3.8) is 0 Å². The fourth-order valence-corrected chi connectivity index (χ4v) is 7.10. The van der Waals surface area contributed by atoms with Gasteiger partial charge in [0.2, 0.25) is 0 Å². The second-order valence-corrected chi connectivity index (χ2v) is 14.9. The van der Waals surface area contributed by atoms with Crippen molar-refractivity contribution in [2.45, 2.75) is 14.7 Å². The predicted octanol–water partition coefficient (Wildman–Crippen LogP) is 6.50. The minimum absolute atomic E-state index is 0. The summed E-state index contributed by atoms with van der Waals surface area (Å²) >= 11 is 0. The van der Waals surface area contributed by atoms with Crippen molar-refractivity contribution in [3.8, 4) is 22.6 Å². The smallest absolute Gasteiger partial charge is 0.296 e. The Morgan fingerprint density at radius 2 is 0.981 bits per heavy atom. The van der Waals surface area contributed by atoms with E-state index >= 15 is 0 Å². The molecule has 0 spiro atoms. The predicted molar refractivity (Wildman–Crippen MR) is 198 cm³/mol. The third-order valence-electron chi connectivity index (χ3n) is 7.42. The third-order valence-corrected chi connectivity index (χ3v) is 10.00. The Bertz CT molecular complexity index is 2750. The number of phenols is 2. The van der Waals surface area contributed by atoms with Gasteiger partial charge in [0.25, 0.3) is 30.4 Å². The van der Waals surface area contributed by atoms with Gasteiger partial charge in [-0.2, -0.15) is 35.5 Å². The quantitative estimate of drug-likeness (QED) is 0.0637. The average Bonchev–Trinajstić information content (AvgIpc) is 3.06. The van der Waals surface area contributed by atoms with Gasteiger partial charge in [-0.25, -0.2) is 0 Å². The molecule has 0 saturated carbocycles. The molecule has 0 saturated heterocycles. The fourth-order valence-electron chi connectivity index (χ4n) is 5.07. The molecule has 0 aliphatic carbocycles. The second-order valence-electron chi connectivity index (χ2n) is 10.7. The van der Waals surface area contributed by atoms with Gasteiger partial charge in [-0.3, -0.25) is 13.7 Å². The fraction of sp³-hybridized carbons (Fsp3) is 0. The summed E-state index contributed by atoms with van der Waals surface area (Å²) in [6, 6.07) is 25.6. The molecule has 0 bridgehead atoms. The molecule has 0 aliphatic rings. The molecular formula is C32H22Li3N4O11S3. The van der Waals surface area contributed by atoms with E-state index in [1.165, 1.54) is 12.1 Å². The van der Waals surface area contributed by atoms with Crippen LogP contribution in [0.2, 0.25) is 0 Å². The molecule has 0 amide bonds. The number of hydrogen-bond donors (Lipinski definition) is 5. The van der Waals surface area contributed by atoms with Crippen molar-refractivity contribution in [1.29, 1.82) is 0 Å². The van der Waals surface area contributed by atoms with Crippen LogP contribution in [-0.2, 0) is 30.4 Å². The standard InChI is InChI=1S/C32H22N4O11S3.3Li/c37-26-14-9-20-3-1-2-4-25(20)30(26)35-33-22-10-5-18(6-11-22)19-7-12-23(13-8-19)34-36-31-28(50(45,46)47)16-21-15-24(48(39,40)41)17-27(49(42,43)44)29(21)32(31)38;;;/h1-17,37-38H,(H,39,40,41)(H,42,43,44)(H,45,46,47);;;. The Morgan fingerprint density at radius 3 is 1.49 bits per heavy atom. The first-order chi connectivity index (χ1) is 23.5. The Labute approximate surface area is 338 Å². The van der Waals surface area contributed by atoms with Crippen LogP contribution in [0.3, 0.4) is 0 Å². The van der Waals surface area contributed by atoms with E-state index in [1.54, 1.807) is 48.5 Å². The van der Waals surface area contributed by atoms with E-state index in [2.05, 4.69) is 20.5 Å². The van der Waals surface area contributed by atoms with Gasteiger partial charge in [0.15, 0.2) is 5.75 Å². The van der Waals surface area contributed by atoms with Crippen LogP contribution in [0.5, 0.6) is 11.5 Å². The summed E-state index contributed by atoms with van der Waals surface area (Å²) in [4.78, 5) is -3.32. The summed E-state index contributed by atoms with van der Waals surface area (Å²) in [7, 11) is -15.5. The normalized spacial score (nSPS) is 12.1. The molecule has 0 aliphatic heterocycles. The van der Waals surface area contributed by atoms with E-state index in [9.17, 15) is 49.1 Å². The summed E-state index contributed by atoms with van der Waals surface area (Å²) in [5.74, 6) is -1.19. The van der Waals surface area contributed by atoms with Crippen LogP contribution in [-0.4, -0.2) is 106 Å². The first kappa shape index (κ1) is 43.6. The number of benzene rings is 6. The van der Waals surface area contributed by atoms with Crippen LogP contribution in [0.1, 0.15) is 0 Å². The number of fused-ring (bicyclic) bond motifs is 2. The Balaban J connectivity index is 0.00000252. The van der Waals surface area contributed by atoms with Gasteiger partial charge in [-0.1, -0.05) is 54.6 Å². The molecule has 53 heavy (non-hydrogen) atoms. The van der Waals surface area contributed by atoms with Crippen molar-refractivity contribution in [1.82, 2.24) is 0 Å². The summed E-state index contributed by atoms with van der Waals surface area (Å²) in [6.45, 7) is 0. The zero-order valence-electron chi connectivity index (χ0n) is 28.0. The average molecular weight is 756 g/mol. The van der Waals surface area contributed by atoms with E-state index in [0.717, 1.165) is 21.9 Å². The molecule has 15 nitrogen and oxygen atoms in total. The van der Waals surface area contributed by atoms with E-state index in [4.69, 9.17) is 0 Å². The minimum atomic E-state index is -5.27. The van der Waals surface area contributed by atoms with E-state index in [0.29, 0.717) is 29.6 Å². The van der Waals surface area contributed by atoms with Crippen LogP contribution in [0, 0.1) is 0 Å². The summed E-state index contributed by atoms with van der Waals surface area (Å²) in [6.07, 6.45) is 0. The number of nitrogens with zero attached hydrogens (tertiary/aromatic N) is 4. The third kappa shape index (κ3) is 9.46. The molecule has 21 heteroatoms. The SMILES string of the molecule is O=S(=O)(O)c1cc(S(=O)(=O)O)c2c(O)c(N=Nc3ccc(-c4ccc(N=Nc5c(O)ccc6ccccc56)cc4)cc3)c(S(=O)(=O)O)cc2c1.[Li].[Li].[Li]. The van der Waals surface area contributed by atoms with Crippen LogP contribution >= 0.6 is 0 Å². The molecule has 0 heterocycles. The molecule has 3 radical (unpaired) electrons. The van der Waals surface area contributed by atoms with E-state index in [1.807, 2.05) is 24.3 Å². The molecular weight excluding hydrogens is 733 g/mol. The van der Waals surface area contributed by atoms with Gasteiger partial charge in [-0.05, 0) is 70.4 Å². The van der Waals surface area contributed by atoms with Crippen LogP contribution in [0.25, 0.3) is 32.7 Å². The van der Waals surface area contributed by atoms with Gasteiger partial charge in [0.05, 0.1) is 16.3 Å². The molecule has 0 atom stereocenters. The summed E-state index contributed by atoms with van der Waals surface area (Å²) in [5.41, 5.74) is 1.55. The van der Waals surface area contributed by atoms with Crippen molar-refractivity contribution in [3.05, 3.63) is 103 Å². The number of phenolic OH excluding ortho intramolecular Hbond substituents is 2. The Hall–Kier alpha value is -3.84. The molecule has 6 aromatic rings. The van der Waals surface area contributed by atoms with Gasteiger partial charge in [0.1, 0.15) is 26.9 Å². The van der Waals surface area contributed by atoms with Gasteiger partial charge in [0, 0.05) is 67.4 Å². The zero-order chi connectivity index (χ0) is 36.0. The molecule has 0 unspecified atom stereocenters. The Morgan fingerprint density at radius 1 is 0.472 bits per heavy atom. The molecule has 0 fully saturated rings. The van der Waals surface area contributed by atoms with Crippen LogP contribution in [0.4, 0.5) is 22.7 Å². The number of hydrogen-bond acceptors (Lipinski definition) is 12. The van der Waals surface area contributed by atoms with Gasteiger partial charge < -0.3 is 10.2 Å². The molecule has 6 aromatic carbocycles. The number of azo groups is 2. The first-order valence-corrected chi connectivity index (χ1v) is 18.3. The van der Waals surface area contributed by atoms with E-state index < -0.39 is 67.3 Å². The number of rotatable bonds is 8. The van der Waals surface area contributed by atoms with Gasteiger partial charge in [-0.15, -0.1) is 10.2 Å².